The molecule has 0 spiro atoms. The summed E-state index contributed by atoms with van der Waals surface area (Å²) in [6, 6.07) is 9.19. The molecule has 0 aromatic heterocycles. The van der Waals surface area contributed by atoms with Crippen molar-refractivity contribution in [2.45, 2.75) is 64.2 Å². The average molecular weight is 360 g/mol. The molecule has 0 radical (unpaired) electrons. The number of hydrogen-bond donors (Lipinski definition) is 0. The highest BCUT2D eigenvalue weighted by Gasteiger charge is 2.22. The van der Waals surface area contributed by atoms with Crippen LogP contribution in [0.1, 0.15) is 74.5 Å². The van der Waals surface area contributed by atoms with E-state index in [1.807, 2.05) is 6.07 Å². The van der Waals surface area contributed by atoms with Crippen molar-refractivity contribution < 1.29 is 13.2 Å². The SMILES string of the molecule is CCCCC1CCC(c2ccc(Cc3ccc(F)c(F)c3)c(F)c2)CC1. The molecule has 0 atom stereocenters. The maximum Gasteiger partial charge on any atom is 0.159 e. The molecule has 0 bridgehead atoms. The van der Waals surface area contributed by atoms with Crippen molar-refractivity contribution in [1.82, 2.24) is 0 Å². The highest BCUT2D eigenvalue weighted by atomic mass is 19.2. The highest BCUT2D eigenvalue weighted by Crippen LogP contribution is 2.38. The van der Waals surface area contributed by atoms with E-state index < -0.39 is 11.6 Å². The summed E-state index contributed by atoms with van der Waals surface area (Å²) in [6.07, 6.45) is 8.91. The third-order valence-electron chi connectivity index (χ3n) is 5.74. The lowest BCUT2D eigenvalue weighted by molar-refractivity contribution is 0.304. The predicted octanol–water partition coefficient (Wildman–Crippen LogP) is 7.16. The van der Waals surface area contributed by atoms with Crippen LogP contribution in [0.3, 0.4) is 0 Å². The Morgan fingerprint density at radius 3 is 2.27 bits per heavy atom. The Kier molecular flexibility index (Phi) is 6.39. The molecule has 0 unspecified atom stereocenters. The zero-order chi connectivity index (χ0) is 18.5. The average Bonchev–Trinajstić information content (AvgIpc) is 2.65. The smallest absolute Gasteiger partial charge is 0.159 e. The number of halogens is 3. The summed E-state index contributed by atoms with van der Waals surface area (Å²) < 4.78 is 40.9. The van der Waals surface area contributed by atoms with Crippen LogP contribution in [-0.4, -0.2) is 0 Å². The quantitative estimate of drug-likeness (QED) is 0.513. The Morgan fingerprint density at radius 2 is 1.62 bits per heavy atom. The molecule has 2 aromatic rings. The molecule has 3 heteroatoms. The summed E-state index contributed by atoms with van der Waals surface area (Å²) in [5.74, 6) is -0.734. The Balaban J connectivity index is 1.63. The summed E-state index contributed by atoms with van der Waals surface area (Å²) in [4.78, 5) is 0. The van der Waals surface area contributed by atoms with Gasteiger partial charge >= 0.3 is 0 Å². The van der Waals surface area contributed by atoms with Crippen LogP contribution in [0.4, 0.5) is 13.2 Å². The van der Waals surface area contributed by atoms with Crippen molar-refractivity contribution in [2.75, 3.05) is 0 Å². The van der Waals surface area contributed by atoms with Crippen LogP contribution in [0.15, 0.2) is 36.4 Å². The monoisotopic (exact) mass is 360 g/mol. The molecule has 26 heavy (non-hydrogen) atoms. The van der Waals surface area contributed by atoms with Gasteiger partial charge in [0.15, 0.2) is 11.6 Å². The van der Waals surface area contributed by atoms with Crippen LogP contribution < -0.4 is 0 Å². The molecule has 1 aliphatic rings. The van der Waals surface area contributed by atoms with Crippen LogP contribution in [0.5, 0.6) is 0 Å². The number of hydrogen-bond acceptors (Lipinski definition) is 0. The molecule has 0 heterocycles. The molecule has 0 saturated heterocycles. The van der Waals surface area contributed by atoms with Crippen molar-refractivity contribution in [1.29, 1.82) is 0 Å². The van der Waals surface area contributed by atoms with Gasteiger partial charge in [-0.3, -0.25) is 0 Å². The lowest BCUT2D eigenvalue weighted by Gasteiger charge is -2.29. The van der Waals surface area contributed by atoms with Gasteiger partial charge in [-0.2, -0.15) is 0 Å². The third kappa shape index (κ3) is 4.69. The fourth-order valence-corrected chi connectivity index (χ4v) is 4.11. The topological polar surface area (TPSA) is 0 Å². The fraction of sp³-hybridized carbons (Fsp3) is 0.478. The summed E-state index contributed by atoms with van der Waals surface area (Å²) in [7, 11) is 0. The van der Waals surface area contributed by atoms with E-state index >= 15 is 0 Å². The van der Waals surface area contributed by atoms with Crippen LogP contribution in [0.2, 0.25) is 0 Å². The molecule has 1 aliphatic carbocycles. The van der Waals surface area contributed by atoms with Gasteiger partial charge in [-0.05, 0) is 72.4 Å². The minimum absolute atomic E-state index is 0.250. The summed E-state index contributed by atoms with van der Waals surface area (Å²) in [5.41, 5.74) is 2.17. The van der Waals surface area contributed by atoms with Gasteiger partial charge in [0.25, 0.3) is 0 Å². The minimum atomic E-state index is -0.889. The van der Waals surface area contributed by atoms with Crippen LogP contribution >= 0.6 is 0 Å². The van der Waals surface area contributed by atoms with E-state index in [1.165, 1.54) is 38.2 Å². The first-order chi connectivity index (χ1) is 12.6. The Labute approximate surface area is 154 Å². The van der Waals surface area contributed by atoms with E-state index in [0.717, 1.165) is 36.5 Å². The molecule has 1 fully saturated rings. The maximum absolute atomic E-state index is 14.5. The number of unbranched alkanes of at least 4 members (excludes halogenated alkanes) is 1. The fourth-order valence-electron chi connectivity index (χ4n) is 4.11. The molecule has 0 aliphatic heterocycles. The van der Waals surface area contributed by atoms with Gasteiger partial charge in [0.2, 0.25) is 0 Å². The lowest BCUT2D eigenvalue weighted by Crippen LogP contribution is -2.13. The second kappa shape index (κ2) is 8.75. The minimum Gasteiger partial charge on any atom is -0.207 e. The lowest BCUT2D eigenvalue weighted by atomic mass is 9.77. The molecular weight excluding hydrogens is 333 g/mol. The standard InChI is InChI=1S/C23H27F3/c1-2-3-4-16-5-8-18(9-6-16)19-10-11-20(22(25)15-19)13-17-7-12-21(24)23(26)14-17/h7,10-12,14-16,18H,2-6,8-9,13H2,1H3. The van der Waals surface area contributed by atoms with Crippen molar-refractivity contribution in [3.8, 4) is 0 Å². The van der Waals surface area contributed by atoms with Gasteiger partial charge in [0, 0.05) is 6.42 Å². The molecule has 140 valence electrons. The molecule has 0 amide bonds. The van der Waals surface area contributed by atoms with Gasteiger partial charge < -0.3 is 0 Å². The van der Waals surface area contributed by atoms with Crippen molar-refractivity contribution >= 4 is 0 Å². The van der Waals surface area contributed by atoms with Gasteiger partial charge in [-0.15, -0.1) is 0 Å². The van der Waals surface area contributed by atoms with E-state index in [0.29, 0.717) is 17.0 Å². The second-order valence-corrected chi connectivity index (χ2v) is 7.64. The molecule has 0 nitrogen and oxygen atoms in total. The van der Waals surface area contributed by atoms with Crippen molar-refractivity contribution in [2.24, 2.45) is 5.92 Å². The highest BCUT2D eigenvalue weighted by molar-refractivity contribution is 5.32. The Hall–Kier alpha value is -1.77. The first kappa shape index (κ1) is 19.0. The summed E-state index contributed by atoms with van der Waals surface area (Å²) >= 11 is 0. The summed E-state index contributed by atoms with van der Waals surface area (Å²) in [6.45, 7) is 2.23. The van der Waals surface area contributed by atoms with Crippen molar-refractivity contribution in [3.63, 3.8) is 0 Å². The van der Waals surface area contributed by atoms with Crippen LogP contribution in [-0.2, 0) is 6.42 Å². The molecule has 1 saturated carbocycles. The second-order valence-electron chi connectivity index (χ2n) is 7.64. The number of rotatable bonds is 6. The third-order valence-corrected chi connectivity index (χ3v) is 5.74. The molecule has 3 rings (SSSR count). The van der Waals surface area contributed by atoms with E-state index in [-0.39, 0.29) is 12.2 Å². The van der Waals surface area contributed by atoms with Gasteiger partial charge in [-0.1, -0.05) is 44.4 Å². The first-order valence-corrected chi connectivity index (χ1v) is 9.79. The largest absolute Gasteiger partial charge is 0.207 e. The molecular formula is C23H27F3. The molecule has 2 aromatic carbocycles. The zero-order valence-electron chi connectivity index (χ0n) is 15.4. The van der Waals surface area contributed by atoms with E-state index in [9.17, 15) is 13.2 Å². The number of benzene rings is 2. The van der Waals surface area contributed by atoms with Crippen LogP contribution in [0, 0.1) is 23.4 Å². The molecule has 0 N–H and O–H groups in total. The zero-order valence-corrected chi connectivity index (χ0v) is 15.4. The maximum atomic E-state index is 14.5. The Morgan fingerprint density at radius 1 is 0.846 bits per heavy atom. The normalized spacial score (nSPS) is 20.3. The van der Waals surface area contributed by atoms with Crippen molar-refractivity contribution in [3.05, 3.63) is 70.5 Å². The Bertz CT molecular complexity index is 730. The van der Waals surface area contributed by atoms with Crippen LogP contribution in [0.25, 0.3) is 0 Å². The van der Waals surface area contributed by atoms with Gasteiger partial charge in [0.1, 0.15) is 5.82 Å². The first-order valence-electron chi connectivity index (χ1n) is 9.79. The van der Waals surface area contributed by atoms with Gasteiger partial charge in [0.05, 0.1) is 0 Å². The van der Waals surface area contributed by atoms with E-state index in [4.69, 9.17) is 0 Å². The summed E-state index contributed by atoms with van der Waals surface area (Å²) in [5, 5.41) is 0. The predicted molar refractivity (Wildman–Crippen MR) is 99.8 cm³/mol. The van der Waals surface area contributed by atoms with Gasteiger partial charge in [-0.25, -0.2) is 13.2 Å². The van der Waals surface area contributed by atoms with E-state index in [2.05, 4.69) is 6.92 Å². The van der Waals surface area contributed by atoms with E-state index in [1.54, 1.807) is 12.1 Å².